The molecular formula is C20H32N4O. The van der Waals surface area contributed by atoms with Gasteiger partial charge in [0.2, 0.25) is 0 Å². The summed E-state index contributed by atoms with van der Waals surface area (Å²) >= 11 is 0. The van der Waals surface area contributed by atoms with Gasteiger partial charge in [0.25, 0.3) is 5.91 Å². The number of likely N-dealkylation sites (N-methyl/N-ethyl adjacent to an activating group) is 1. The minimum atomic E-state index is 0.161. The monoisotopic (exact) mass is 344 g/mol. The fourth-order valence-corrected chi connectivity index (χ4v) is 3.83. The largest absolute Gasteiger partial charge is 0.339 e. The molecule has 5 nitrogen and oxygen atoms in total. The maximum absolute atomic E-state index is 12.7. The summed E-state index contributed by atoms with van der Waals surface area (Å²) in [5.41, 5.74) is 8.09. The molecule has 2 aliphatic rings. The number of piperazine rings is 1. The molecule has 0 aliphatic carbocycles. The van der Waals surface area contributed by atoms with Crippen LogP contribution in [0.3, 0.4) is 0 Å². The first kappa shape index (κ1) is 18.4. The predicted molar refractivity (Wildman–Crippen MR) is 101 cm³/mol. The third kappa shape index (κ3) is 4.81. The molecule has 1 aromatic carbocycles. The summed E-state index contributed by atoms with van der Waals surface area (Å²) in [6, 6.07) is 8.43. The molecule has 0 saturated carbocycles. The molecule has 0 spiro atoms. The number of amides is 1. The molecular weight excluding hydrogens is 312 g/mol. The van der Waals surface area contributed by atoms with Gasteiger partial charge < -0.3 is 15.5 Å². The number of carbonyl (C=O) groups is 1. The number of nitrogens with zero attached hydrogens (tertiary/aromatic N) is 3. The van der Waals surface area contributed by atoms with E-state index in [0.29, 0.717) is 5.92 Å². The number of hydrogen-bond donors (Lipinski definition) is 1. The van der Waals surface area contributed by atoms with E-state index in [-0.39, 0.29) is 11.9 Å². The van der Waals surface area contributed by atoms with Crippen molar-refractivity contribution >= 4 is 5.91 Å². The zero-order chi connectivity index (χ0) is 17.8. The quantitative estimate of drug-likeness (QED) is 0.902. The molecule has 2 saturated heterocycles. The SMILES string of the molecule is CC(N)C1CCN(C(=O)c2ccc(CN3CCN(C)CC3)cc2)CC1. The van der Waals surface area contributed by atoms with Crippen molar-refractivity contribution in [3.05, 3.63) is 35.4 Å². The van der Waals surface area contributed by atoms with Crippen molar-refractivity contribution in [2.24, 2.45) is 11.7 Å². The van der Waals surface area contributed by atoms with Crippen LogP contribution in [0, 0.1) is 5.92 Å². The maximum Gasteiger partial charge on any atom is 0.253 e. The van der Waals surface area contributed by atoms with Crippen LogP contribution in [0.2, 0.25) is 0 Å². The average molecular weight is 345 g/mol. The van der Waals surface area contributed by atoms with Gasteiger partial charge in [-0.3, -0.25) is 9.69 Å². The Morgan fingerprint density at radius 3 is 2.24 bits per heavy atom. The van der Waals surface area contributed by atoms with Crippen LogP contribution in [0.25, 0.3) is 0 Å². The molecule has 1 aromatic rings. The number of benzene rings is 1. The molecule has 5 heteroatoms. The zero-order valence-corrected chi connectivity index (χ0v) is 15.7. The molecule has 0 aromatic heterocycles. The van der Waals surface area contributed by atoms with Crippen molar-refractivity contribution in [2.75, 3.05) is 46.3 Å². The highest BCUT2D eigenvalue weighted by molar-refractivity contribution is 5.94. The van der Waals surface area contributed by atoms with Gasteiger partial charge in [-0.1, -0.05) is 12.1 Å². The minimum absolute atomic E-state index is 0.161. The molecule has 1 atom stereocenters. The summed E-state index contributed by atoms with van der Waals surface area (Å²) < 4.78 is 0. The normalized spacial score (nSPS) is 22.1. The Balaban J connectivity index is 1.52. The van der Waals surface area contributed by atoms with E-state index in [9.17, 15) is 4.79 Å². The van der Waals surface area contributed by atoms with Crippen LogP contribution < -0.4 is 5.73 Å². The van der Waals surface area contributed by atoms with Gasteiger partial charge >= 0.3 is 0 Å². The van der Waals surface area contributed by atoms with Crippen LogP contribution in [-0.2, 0) is 6.54 Å². The van der Waals surface area contributed by atoms with Gasteiger partial charge in [-0.05, 0) is 50.4 Å². The summed E-state index contributed by atoms with van der Waals surface area (Å²) in [7, 11) is 2.18. The molecule has 2 aliphatic heterocycles. The van der Waals surface area contributed by atoms with Crippen molar-refractivity contribution in [1.29, 1.82) is 0 Å². The Labute approximate surface area is 151 Å². The predicted octanol–water partition coefficient (Wildman–Crippen LogP) is 1.63. The van der Waals surface area contributed by atoms with Crippen molar-refractivity contribution < 1.29 is 4.79 Å². The van der Waals surface area contributed by atoms with E-state index in [2.05, 4.69) is 35.9 Å². The van der Waals surface area contributed by atoms with Gasteiger partial charge in [0.05, 0.1) is 0 Å². The third-order valence-corrected chi connectivity index (χ3v) is 5.77. The van der Waals surface area contributed by atoms with Gasteiger partial charge in [0.1, 0.15) is 0 Å². The van der Waals surface area contributed by atoms with Crippen LogP contribution in [0.1, 0.15) is 35.7 Å². The van der Waals surface area contributed by atoms with Crippen molar-refractivity contribution in [1.82, 2.24) is 14.7 Å². The lowest BCUT2D eigenvalue weighted by Gasteiger charge is -2.34. The van der Waals surface area contributed by atoms with Crippen molar-refractivity contribution in [3.8, 4) is 0 Å². The Kier molecular flexibility index (Phi) is 6.10. The molecule has 0 radical (unpaired) electrons. The standard InChI is InChI=1S/C20H32N4O/c1-16(21)18-7-9-24(10-8-18)20(25)19-5-3-17(4-6-19)15-23-13-11-22(2)12-14-23/h3-6,16,18H,7-15,21H2,1-2H3. The molecule has 3 rings (SSSR count). The number of rotatable bonds is 4. The van der Waals surface area contributed by atoms with Crippen LogP contribution in [-0.4, -0.2) is 73.0 Å². The highest BCUT2D eigenvalue weighted by Crippen LogP contribution is 2.21. The Morgan fingerprint density at radius 1 is 1.08 bits per heavy atom. The number of likely N-dealkylation sites (tertiary alicyclic amines) is 1. The van der Waals surface area contributed by atoms with Gasteiger partial charge in [0.15, 0.2) is 0 Å². The van der Waals surface area contributed by atoms with E-state index in [1.807, 2.05) is 17.0 Å². The topological polar surface area (TPSA) is 52.8 Å². The highest BCUT2D eigenvalue weighted by Gasteiger charge is 2.25. The van der Waals surface area contributed by atoms with Gasteiger partial charge in [0, 0.05) is 57.4 Å². The average Bonchev–Trinajstić information content (AvgIpc) is 2.64. The zero-order valence-electron chi connectivity index (χ0n) is 15.7. The second-order valence-electron chi connectivity index (χ2n) is 7.77. The van der Waals surface area contributed by atoms with Gasteiger partial charge in [-0.25, -0.2) is 0 Å². The molecule has 2 fully saturated rings. The lowest BCUT2D eigenvalue weighted by molar-refractivity contribution is 0.0681. The van der Waals surface area contributed by atoms with Gasteiger partial charge in [-0.15, -0.1) is 0 Å². The molecule has 25 heavy (non-hydrogen) atoms. The first-order valence-electron chi connectivity index (χ1n) is 9.57. The lowest BCUT2D eigenvalue weighted by Crippen LogP contribution is -2.43. The Morgan fingerprint density at radius 2 is 1.68 bits per heavy atom. The molecule has 1 unspecified atom stereocenters. The molecule has 138 valence electrons. The minimum Gasteiger partial charge on any atom is -0.339 e. The van der Waals surface area contributed by atoms with E-state index in [0.717, 1.165) is 64.2 Å². The number of carbonyl (C=O) groups excluding carboxylic acids is 1. The molecule has 2 N–H and O–H groups in total. The van der Waals surface area contributed by atoms with E-state index in [4.69, 9.17) is 5.73 Å². The summed E-state index contributed by atoms with van der Waals surface area (Å²) in [6.07, 6.45) is 2.04. The summed E-state index contributed by atoms with van der Waals surface area (Å²) in [5, 5.41) is 0. The summed E-state index contributed by atoms with van der Waals surface area (Å²) in [6.45, 7) is 9.20. The second-order valence-corrected chi connectivity index (χ2v) is 7.77. The fourth-order valence-electron chi connectivity index (χ4n) is 3.83. The fraction of sp³-hybridized carbons (Fsp3) is 0.650. The van der Waals surface area contributed by atoms with Crippen LogP contribution >= 0.6 is 0 Å². The van der Waals surface area contributed by atoms with Crippen LogP contribution in [0.15, 0.2) is 24.3 Å². The smallest absolute Gasteiger partial charge is 0.253 e. The second kappa shape index (κ2) is 8.30. The number of piperidine rings is 1. The first-order chi connectivity index (χ1) is 12.0. The lowest BCUT2D eigenvalue weighted by atomic mass is 9.90. The number of nitrogens with two attached hydrogens (primary N) is 1. The van der Waals surface area contributed by atoms with Crippen molar-refractivity contribution in [3.63, 3.8) is 0 Å². The van der Waals surface area contributed by atoms with E-state index < -0.39 is 0 Å². The van der Waals surface area contributed by atoms with Crippen LogP contribution in [0.4, 0.5) is 0 Å². The summed E-state index contributed by atoms with van der Waals surface area (Å²) in [5.74, 6) is 0.712. The van der Waals surface area contributed by atoms with E-state index in [1.165, 1.54) is 5.56 Å². The molecule has 1 amide bonds. The third-order valence-electron chi connectivity index (χ3n) is 5.77. The molecule has 0 bridgehead atoms. The highest BCUT2D eigenvalue weighted by atomic mass is 16.2. The molecule has 2 heterocycles. The van der Waals surface area contributed by atoms with Crippen LogP contribution in [0.5, 0.6) is 0 Å². The van der Waals surface area contributed by atoms with E-state index in [1.54, 1.807) is 0 Å². The Bertz CT molecular complexity index is 556. The number of hydrogen-bond acceptors (Lipinski definition) is 4. The van der Waals surface area contributed by atoms with Gasteiger partial charge in [-0.2, -0.15) is 0 Å². The Hall–Kier alpha value is -1.43. The maximum atomic E-state index is 12.7. The first-order valence-corrected chi connectivity index (χ1v) is 9.57. The van der Waals surface area contributed by atoms with E-state index >= 15 is 0 Å². The van der Waals surface area contributed by atoms with Crippen molar-refractivity contribution in [2.45, 2.75) is 32.4 Å². The summed E-state index contributed by atoms with van der Waals surface area (Å²) in [4.78, 5) is 19.5.